The minimum absolute atomic E-state index is 0.381. The Bertz CT molecular complexity index is 513. The van der Waals surface area contributed by atoms with Crippen molar-refractivity contribution >= 4 is 18.0 Å². The Kier molecular flexibility index (Phi) is 3.69. The van der Waals surface area contributed by atoms with E-state index in [-0.39, 0.29) is 5.91 Å². The molecule has 0 aliphatic heterocycles. The van der Waals surface area contributed by atoms with Crippen molar-refractivity contribution in [3.05, 3.63) is 24.0 Å². The minimum atomic E-state index is -1.09. The summed E-state index contributed by atoms with van der Waals surface area (Å²) < 4.78 is 1.63. The van der Waals surface area contributed by atoms with Gasteiger partial charge in [-0.15, -0.1) is 0 Å². The minimum Gasteiger partial charge on any atom is -0.480 e. The van der Waals surface area contributed by atoms with Crippen LogP contribution in [0.5, 0.6) is 0 Å². The largest absolute Gasteiger partial charge is 0.480 e. The first-order chi connectivity index (χ1) is 9.02. The van der Waals surface area contributed by atoms with E-state index in [0.29, 0.717) is 12.8 Å². The number of hydrogen-bond acceptors (Lipinski definition) is 3. The quantitative estimate of drug-likeness (QED) is 0.792. The van der Waals surface area contributed by atoms with Crippen LogP contribution in [0, 0.1) is 0 Å². The van der Waals surface area contributed by atoms with Crippen molar-refractivity contribution in [1.82, 2.24) is 15.1 Å². The third-order valence-electron chi connectivity index (χ3n) is 3.38. The van der Waals surface area contributed by atoms with Gasteiger partial charge in [-0.3, -0.25) is 9.48 Å². The number of carbonyl (C=O) groups is 2. The van der Waals surface area contributed by atoms with Crippen molar-refractivity contribution in [3.8, 4) is 0 Å². The van der Waals surface area contributed by atoms with Gasteiger partial charge in [0.25, 0.3) is 0 Å². The molecular formula is C13H17N3O3. The van der Waals surface area contributed by atoms with Gasteiger partial charge in [-0.1, -0.05) is 12.8 Å². The Labute approximate surface area is 111 Å². The van der Waals surface area contributed by atoms with Crippen LogP contribution in [0.3, 0.4) is 0 Å². The lowest BCUT2D eigenvalue weighted by molar-refractivity contribution is -0.146. The molecule has 0 aromatic carbocycles. The molecule has 0 saturated heterocycles. The number of carbonyl (C=O) groups excluding carboxylic acids is 1. The molecule has 0 spiro atoms. The summed E-state index contributed by atoms with van der Waals surface area (Å²) in [6.07, 6.45) is 9.02. The van der Waals surface area contributed by atoms with E-state index < -0.39 is 11.5 Å². The van der Waals surface area contributed by atoms with Crippen molar-refractivity contribution in [2.45, 2.75) is 31.2 Å². The molecule has 2 N–H and O–H groups in total. The number of nitrogens with one attached hydrogen (secondary N) is 1. The summed E-state index contributed by atoms with van der Waals surface area (Å²) in [5.41, 5.74) is -0.287. The van der Waals surface area contributed by atoms with Crippen molar-refractivity contribution in [2.24, 2.45) is 7.05 Å². The van der Waals surface area contributed by atoms with Gasteiger partial charge in [-0.2, -0.15) is 5.10 Å². The van der Waals surface area contributed by atoms with E-state index in [1.165, 1.54) is 6.08 Å². The fourth-order valence-corrected chi connectivity index (χ4v) is 2.35. The van der Waals surface area contributed by atoms with E-state index >= 15 is 0 Å². The molecule has 0 bridgehead atoms. The third kappa shape index (κ3) is 3.01. The molecule has 102 valence electrons. The zero-order valence-electron chi connectivity index (χ0n) is 10.8. The summed E-state index contributed by atoms with van der Waals surface area (Å²) in [7, 11) is 1.79. The van der Waals surface area contributed by atoms with Crippen molar-refractivity contribution in [2.75, 3.05) is 0 Å². The van der Waals surface area contributed by atoms with Gasteiger partial charge in [0.1, 0.15) is 5.54 Å². The molecule has 1 aliphatic rings. The maximum atomic E-state index is 11.8. The van der Waals surface area contributed by atoms with Gasteiger partial charge in [0.05, 0.1) is 6.20 Å². The zero-order chi connectivity index (χ0) is 13.9. The zero-order valence-corrected chi connectivity index (χ0v) is 10.8. The van der Waals surface area contributed by atoms with Crippen LogP contribution in [-0.4, -0.2) is 32.3 Å². The van der Waals surface area contributed by atoms with Crippen LogP contribution in [0.4, 0.5) is 0 Å². The number of rotatable bonds is 4. The third-order valence-corrected chi connectivity index (χ3v) is 3.38. The van der Waals surface area contributed by atoms with Gasteiger partial charge in [-0.25, -0.2) is 4.79 Å². The number of carboxylic acid groups (broad SMARTS) is 1. The van der Waals surface area contributed by atoms with E-state index in [1.54, 1.807) is 30.2 Å². The molecule has 1 saturated carbocycles. The van der Waals surface area contributed by atoms with Gasteiger partial charge >= 0.3 is 5.97 Å². The molecular weight excluding hydrogens is 246 g/mol. The van der Waals surface area contributed by atoms with E-state index in [4.69, 9.17) is 0 Å². The lowest BCUT2D eigenvalue weighted by Gasteiger charge is -2.24. The second kappa shape index (κ2) is 5.26. The Morgan fingerprint density at radius 3 is 2.68 bits per heavy atom. The highest BCUT2D eigenvalue weighted by Gasteiger charge is 2.42. The maximum absolute atomic E-state index is 11.8. The number of nitrogens with zero attached hydrogens (tertiary/aromatic N) is 2. The SMILES string of the molecule is Cn1cc(/C=C/C(=O)NC2(C(=O)O)CCCC2)cn1. The Morgan fingerprint density at radius 2 is 2.16 bits per heavy atom. The highest BCUT2D eigenvalue weighted by atomic mass is 16.4. The Morgan fingerprint density at radius 1 is 1.47 bits per heavy atom. The van der Waals surface area contributed by atoms with Crippen LogP contribution in [-0.2, 0) is 16.6 Å². The monoisotopic (exact) mass is 263 g/mol. The molecule has 0 radical (unpaired) electrons. The van der Waals surface area contributed by atoms with Crippen LogP contribution < -0.4 is 5.32 Å². The standard InChI is InChI=1S/C13H17N3O3/c1-16-9-10(8-14-16)4-5-11(17)15-13(12(18)19)6-2-3-7-13/h4-5,8-9H,2-3,6-7H2,1H3,(H,15,17)(H,18,19)/b5-4+. The number of carboxylic acids is 1. The van der Waals surface area contributed by atoms with E-state index in [2.05, 4.69) is 10.4 Å². The smallest absolute Gasteiger partial charge is 0.329 e. The molecule has 1 amide bonds. The second-order valence-electron chi connectivity index (χ2n) is 4.86. The van der Waals surface area contributed by atoms with Gasteiger partial charge in [-0.05, 0) is 18.9 Å². The lowest BCUT2D eigenvalue weighted by atomic mass is 9.98. The Balaban J connectivity index is 2.00. The number of aryl methyl sites for hydroxylation is 1. The van der Waals surface area contributed by atoms with Gasteiger partial charge in [0, 0.05) is 24.9 Å². The molecule has 6 heteroatoms. The summed E-state index contributed by atoms with van der Waals surface area (Å²) in [6, 6.07) is 0. The van der Waals surface area contributed by atoms with Gasteiger partial charge in [0.2, 0.25) is 5.91 Å². The molecule has 6 nitrogen and oxygen atoms in total. The fourth-order valence-electron chi connectivity index (χ4n) is 2.35. The van der Waals surface area contributed by atoms with Crippen LogP contribution in [0.1, 0.15) is 31.2 Å². The summed E-state index contributed by atoms with van der Waals surface area (Å²) >= 11 is 0. The van der Waals surface area contributed by atoms with Gasteiger partial charge < -0.3 is 10.4 Å². The van der Waals surface area contributed by atoms with E-state index in [1.807, 2.05) is 0 Å². The van der Waals surface area contributed by atoms with Crippen LogP contribution in [0.15, 0.2) is 18.5 Å². The average Bonchev–Trinajstić information content (AvgIpc) is 2.97. The second-order valence-corrected chi connectivity index (χ2v) is 4.86. The topological polar surface area (TPSA) is 84.2 Å². The van der Waals surface area contributed by atoms with E-state index in [9.17, 15) is 14.7 Å². The number of amides is 1. The van der Waals surface area contributed by atoms with Crippen molar-refractivity contribution < 1.29 is 14.7 Å². The highest BCUT2D eigenvalue weighted by Crippen LogP contribution is 2.29. The summed E-state index contributed by atoms with van der Waals surface area (Å²) in [5, 5.41) is 15.8. The van der Waals surface area contributed by atoms with Gasteiger partial charge in [0.15, 0.2) is 0 Å². The molecule has 2 rings (SSSR count). The Hall–Kier alpha value is -2.11. The first kappa shape index (κ1) is 13.3. The average molecular weight is 263 g/mol. The summed E-state index contributed by atoms with van der Waals surface area (Å²) in [4.78, 5) is 23.1. The molecule has 1 aromatic heterocycles. The molecule has 19 heavy (non-hydrogen) atoms. The number of hydrogen-bond donors (Lipinski definition) is 2. The summed E-state index contributed by atoms with van der Waals surface area (Å²) in [6.45, 7) is 0. The molecule has 1 aromatic rings. The van der Waals surface area contributed by atoms with Crippen LogP contribution in [0.25, 0.3) is 6.08 Å². The fraction of sp³-hybridized carbons (Fsp3) is 0.462. The molecule has 1 heterocycles. The maximum Gasteiger partial charge on any atom is 0.329 e. The number of aromatic nitrogens is 2. The predicted molar refractivity (Wildman–Crippen MR) is 69.2 cm³/mol. The molecule has 0 atom stereocenters. The predicted octanol–water partition coefficient (Wildman–Crippen LogP) is 0.947. The summed E-state index contributed by atoms with van der Waals surface area (Å²) in [5.74, 6) is -1.33. The molecule has 0 unspecified atom stereocenters. The highest BCUT2D eigenvalue weighted by molar-refractivity contribution is 5.95. The van der Waals surface area contributed by atoms with Crippen molar-refractivity contribution in [1.29, 1.82) is 0 Å². The normalized spacial score (nSPS) is 17.7. The van der Waals surface area contributed by atoms with Crippen LogP contribution in [0.2, 0.25) is 0 Å². The van der Waals surface area contributed by atoms with E-state index in [0.717, 1.165) is 18.4 Å². The molecule has 1 aliphatic carbocycles. The lowest BCUT2D eigenvalue weighted by Crippen LogP contribution is -2.52. The first-order valence-corrected chi connectivity index (χ1v) is 6.24. The first-order valence-electron chi connectivity index (χ1n) is 6.24. The van der Waals surface area contributed by atoms with Crippen LogP contribution >= 0.6 is 0 Å². The van der Waals surface area contributed by atoms with Crippen molar-refractivity contribution in [3.63, 3.8) is 0 Å². The number of aliphatic carboxylic acids is 1. The molecule has 1 fully saturated rings.